The van der Waals surface area contributed by atoms with Crippen LogP contribution in [0.4, 0.5) is 5.69 Å². The highest BCUT2D eigenvalue weighted by Gasteiger charge is 2.32. The fourth-order valence-electron chi connectivity index (χ4n) is 5.88. The third-order valence-electron chi connectivity index (χ3n) is 8.10. The molecular formula is C37H29BrN4O3S. The molecule has 1 atom stereocenters. The number of anilines is 1. The van der Waals surface area contributed by atoms with Crippen LogP contribution in [0.2, 0.25) is 0 Å². The zero-order valence-corrected chi connectivity index (χ0v) is 27.5. The third kappa shape index (κ3) is 5.63. The second-order valence-corrected chi connectivity index (χ2v) is 13.0. The summed E-state index contributed by atoms with van der Waals surface area (Å²) in [4.78, 5) is 33.5. The minimum atomic E-state index is -0.674. The molecule has 1 aliphatic rings. The number of fused-ring (bicyclic) bond motifs is 2. The summed E-state index contributed by atoms with van der Waals surface area (Å²) in [7, 11) is 1.61. The minimum absolute atomic E-state index is 0.202. The Morgan fingerprint density at radius 3 is 2.43 bits per heavy atom. The SMILES string of the molecule is COc1ccc(C2C(C(=O)Nc3ccccc3)=C(C)N=c3s/c(=C/c4cn(Cc5ccc(Br)cc5)c5ccccc45)c(=O)n32)cc1. The van der Waals surface area contributed by atoms with Crippen LogP contribution in [0.25, 0.3) is 17.0 Å². The molecule has 0 aliphatic carbocycles. The van der Waals surface area contributed by atoms with E-state index in [2.05, 4.69) is 56.3 Å². The van der Waals surface area contributed by atoms with Gasteiger partial charge in [0, 0.05) is 39.4 Å². The van der Waals surface area contributed by atoms with Crippen molar-refractivity contribution in [3.63, 3.8) is 0 Å². The summed E-state index contributed by atoms with van der Waals surface area (Å²) in [6, 6.07) is 32.6. The number of benzene rings is 4. The van der Waals surface area contributed by atoms with E-state index in [9.17, 15) is 9.59 Å². The van der Waals surface area contributed by atoms with Gasteiger partial charge in [-0.15, -0.1) is 0 Å². The number of hydrogen-bond acceptors (Lipinski definition) is 5. The van der Waals surface area contributed by atoms with Crippen LogP contribution in [0.15, 0.2) is 135 Å². The van der Waals surface area contributed by atoms with E-state index < -0.39 is 6.04 Å². The van der Waals surface area contributed by atoms with E-state index in [1.807, 2.05) is 91.9 Å². The Labute approximate surface area is 277 Å². The Kier molecular flexibility index (Phi) is 8.02. The second kappa shape index (κ2) is 12.4. The number of carbonyl (C=O) groups excluding carboxylic acids is 1. The molecule has 9 heteroatoms. The summed E-state index contributed by atoms with van der Waals surface area (Å²) >= 11 is 4.85. The predicted octanol–water partition coefficient (Wildman–Crippen LogP) is 6.65. The van der Waals surface area contributed by atoms with E-state index in [0.717, 1.165) is 26.5 Å². The van der Waals surface area contributed by atoms with Gasteiger partial charge in [-0.25, -0.2) is 4.99 Å². The first-order valence-electron chi connectivity index (χ1n) is 14.7. The van der Waals surface area contributed by atoms with Crippen molar-refractivity contribution in [2.45, 2.75) is 19.5 Å². The number of thiazole rings is 1. The van der Waals surface area contributed by atoms with Crippen LogP contribution in [0, 0.1) is 0 Å². The third-order valence-corrected chi connectivity index (χ3v) is 9.61. The summed E-state index contributed by atoms with van der Waals surface area (Å²) in [5.74, 6) is 0.380. The normalized spacial score (nSPS) is 14.7. The molecule has 0 bridgehead atoms. The Morgan fingerprint density at radius 2 is 1.70 bits per heavy atom. The number of nitrogens with one attached hydrogen (secondary N) is 1. The van der Waals surface area contributed by atoms with Crippen LogP contribution in [-0.2, 0) is 11.3 Å². The topological polar surface area (TPSA) is 77.6 Å². The van der Waals surface area contributed by atoms with Gasteiger partial charge in [-0.2, -0.15) is 0 Å². The Hall–Kier alpha value is -4.99. The van der Waals surface area contributed by atoms with Crippen molar-refractivity contribution in [3.05, 3.63) is 161 Å². The molecule has 0 saturated carbocycles. The van der Waals surface area contributed by atoms with E-state index >= 15 is 0 Å². The number of ether oxygens (including phenoxy) is 1. The number of allylic oxidation sites excluding steroid dienone is 1. The molecule has 0 radical (unpaired) electrons. The van der Waals surface area contributed by atoms with Gasteiger partial charge in [0.1, 0.15) is 5.75 Å². The molecule has 228 valence electrons. The van der Waals surface area contributed by atoms with Gasteiger partial charge in [0.05, 0.1) is 29.0 Å². The highest BCUT2D eigenvalue weighted by Crippen LogP contribution is 2.32. The number of nitrogens with zero attached hydrogens (tertiary/aromatic N) is 3. The summed E-state index contributed by atoms with van der Waals surface area (Å²) in [6.07, 6.45) is 4.04. The van der Waals surface area contributed by atoms with Crippen molar-refractivity contribution >= 4 is 55.8 Å². The maximum atomic E-state index is 14.3. The van der Waals surface area contributed by atoms with Crippen LogP contribution < -0.4 is 24.9 Å². The molecule has 3 heterocycles. The Morgan fingerprint density at radius 1 is 0.978 bits per heavy atom. The standard InChI is InChI=1S/C37H29BrN4O3S/c1-23-33(35(43)40-28-8-4-3-5-9-28)34(25-14-18-29(45-2)19-15-25)42-36(44)32(46-37(42)39-23)20-26-22-41(31-11-7-6-10-30(26)31)21-24-12-16-27(38)17-13-24/h3-20,22,34H,21H2,1-2H3,(H,40,43)/b32-20+. The average molecular weight is 690 g/mol. The van der Waals surface area contributed by atoms with E-state index in [0.29, 0.717) is 38.6 Å². The number of halogens is 1. The first-order valence-corrected chi connectivity index (χ1v) is 16.4. The van der Waals surface area contributed by atoms with E-state index in [1.54, 1.807) is 11.7 Å². The maximum absolute atomic E-state index is 14.3. The molecule has 0 fully saturated rings. The number of carbonyl (C=O) groups is 1. The van der Waals surface area contributed by atoms with Crippen molar-refractivity contribution in [1.29, 1.82) is 0 Å². The molecule has 0 spiro atoms. The van der Waals surface area contributed by atoms with Crippen LogP contribution in [0.3, 0.4) is 0 Å². The highest BCUT2D eigenvalue weighted by molar-refractivity contribution is 9.10. The van der Waals surface area contributed by atoms with Crippen LogP contribution >= 0.6 is 27.3 Å². The minimum Gasteiger partial charge on any atom is -0.497 e. The van der Waals surface area contributed by atoms with Gasteiger partial charge < -0.3 is 14.6 Å². The summed E-state index contributed by atoms with van der Waals surface area (Å²) in [5, 5.41) is 4.05. The lowest BCUT2D eigenvalue weighted by Gasteiger charge is -2.25. The molecule has 6 aromatic rings. The van der Waals surface area contributed by atoms with Gasteiger partial charge in [0.15, 0.2) is 4.80 Å². The van der Waals surface area contributed by atoms with Crippen molar-refractivity contribution in [1.82, 2.24) is 9.13 Å². The van der Waals surface area contributed by atoms with Crippen molar-refractivity contribution in [3.8, 4) is 5.75 Å². The summed E-state index contributed by atoms with van der Waals surface area (Å²) in [6.45, 7) is 2.52. The first kappa shape index (κ1) is 29.7. The summed E-state index contributed by atoms with van der Waals surface area (Å²) < 4.78 is 10.8. The number of rotatable bonds is 7. The lowest BCUT2D eigenvalue weighted by Crippen LogP contribution is -2.40. The molecule has 46 heavy (non-hydrogen) atoms. The number of amides is 1. The molecule has 1 N–H and O–H groups in total. The Bertz CT molecular complexity index is 2300. The molecule has 1 aliphatic heterocycles. The lowest BCUT2D eigenvalue weighted by molar-refractivity contribution is -0.113. The molecule has 1 amide bonds. The zero-order valence-electron chi connectivity index (χ0n) is 25.1. The van der Waals surface area contributed by atoms with Crippen LogP contribution in [0.1, 0.15) is 29.7 Å². The highest BCUT2D eigenvalue weighted by atomic mass is 79.9. The number of methoxy groups -OCH3 is 1. The van der Waals surface area contributed by atoms with Gasteiger partial charge in [-0.05, 0) is 66.6 Å². The molecule has 7 nitrogen and oxygen atoms in total. The van der Waals surface area contributed by atoms with Gasteiger partial charge in [-0.1, -0.05) is 87.9 Å². The summed E-state index contributed by atoms with van der Waals surface area (Å²) in [5.41, 5.74) is 5.42. The molecule has 7 rings (SSSR count). The molecule has 1 unspecified atom stereocenters. The van der Waals surface area contributed by atoms with Crippen molar-refractivity contribution < 1.29 is 9.53 Å². The fourth-order valence-corrected chi connectivity index (χ4v) is 7.18. The fraction of sp³-hybridized carbons (Fsp3) is 0.108. The second-order valence-electron chi connectivity index (χ2n) is 11.0. The quantitative estimate of drug-likeness (QED) is 0.204. The first-order chi connectivity index (χ1) is 22.4. The van der Waals surface area contributed by atoms with Crippen LogP contribution in [0.5, 0.6) is 5.75 Å². The van der Waals surface area contributed by atoms with E-state index in [4.69, 9.17) is 9.73 Å². The molecule has 4 aromatic carbocycles. The smallest absolute Gasteiger partial charge is 0.271 e. The van der Waals surface area contributed by atoms with Crippen molar-refractivity contribution in [2.75, 3.05) is 12.4 Å². The van der Waals surface area contributed by atoms with E-state index in [1.165, 1.54) is 16.9 Å². The monoisotopic (exact) mass is 688 g/mol. The van der Waals surface area contributed by atoms with Gasteiger partial charge in [-0.3, -0.25) is 14.2 Å². The Balaban J connectivity index is 1.35. The van der Waals surface area contributed by atoms with Gasteiger partial charge >= 0.3 is 0 Å². The number of hydrogen-bond donors (Lipinski definition) is 1. The molecule has 2 aromatic heterocycles. The number of para-hydroxylation sites is 2. The zero-order chi connectivity index (χ0) is 31.8. The van der Waals surface area contributed by atoms with E-state index in [-0.39, 0.29) is 11.5 Å². The van der Waals surface area contributed by atoms with Gasteiger partial charge in [0.25, 0.3) is 11.5 Å². The van der Waals surface area contributed by atoms with Gasteiger partial charge in [0.2, 0.25) is 0 Å². The predicted molar refractivity (Wildman–Crippen MR) is 187 cm³/mol. The average Bonchev–Trinajstić information content (AvgIpc) is 3.57. The maximum Gasteiger partial charge on any atom is 0.271 e. The molecule has 0 saturated heterocycles. The largest absolute Gasteiger partial charge is 0.497 e. The number of aromatic nitrogens is 2. The van der Waals surface area contributed by atoms with Crippen molar-refractivity contribution in [2.24, 2.45) is 4.99 Å². The lowest BCUT2D eigenvalue weighted by atomic mass is 9.95. The molecular weight excluding hydrogens is 660 g/mol. The van der Waals surface area contributed by atoms with Crippen LogP contribution in [-0.4, -0.2) is 22.2 Å².